The van der Waals surface area contributed by atoms with Crippen LogP contribution in [0.15, 0.2) is 10.7 Å². The number of carbonyl (C=O) groups excluding carboxylic acids is 1. The van der Waals surface area contributed by atoms with Gasteiger partial charge in [0, 0.05) is 13.5 Å². The highest BCUT2D eigenvalue weighted by Gasteiger charge is 2.60. The molecule has 9 nitrogen and oxygen atoms in total. The van der Waals surface area contributed by atoms with E-state index in [1.54, 1.807) is 10.9 Å². The van der Waals surface area contributed by atoms with Crippen molar-refractivity contribution in [2.45, 2.75) is 64.3 Å². The predicted octanol–water partition coefficient (Wildman–Crippen LogP) is 4.23. The molecule has 0 spiro atoms. The summed E-state index contributed by atoms with van der Waals surface area (Å²) >= 11 is 3.31. The molecule has 4 aliphatic rings. The van der Waals surface area contributed by atoms with Crippen LogP contribution in [0.2, 0.25) is 0 Å². The van der Waals surface area contributed by atoms with Crippen molar-refractivity contribution in [2.24, 2.45) is 24.3 Å². The Labute approximate surface area is 188 Å². The Balaban J connectivity index is 1.42. The number of aromatic nitrogens is 4. The maximum absolute atomic E-state index is 13.1. The lowest BCUT2D eigenvalue weighted by molar-refractivity contribution is -0.390. The number of nitrogens with one attached hydrogen (secondary N) is 1. The van der Waals surface area contributed by atoms with Gasteiger partial charge in [-0.1, -0.05) is 0 Å². The maximum Gasteiger partial charge on any atom is 0.404 e. The van der Waals surface area contributed by atoms with Gasteiger partial charge in [0.25, 0.3) is 0 Å². The number of nitro groups is 1. The summed E-state index contributed by atoms with van der Waals surface area (Å²) in [6.07, 6.45) is 8.34. The van der Waals surface area contributed by atoms with Crippen LogP contribution in [0.25, 0.3) is 0 Å². The lowest BCUT2D eigenvalue weighted by Crippen LogP contribution is -2.57. The topological polar surface area (TPSA) is 108 Å². The molecule has 0 radical (unpaired) electrons. The zero-order valence-electron chi connectivity index (χ0n) is 18.0. The largest absolute Gasteiger partial charge is 0.404 e. The van der Waals surface area contributed by atoms with Crippen molar-refractivity contribution in [1.82, 2.24) is 19.6 Å². The Morgan fingerprint density at radius 3 is 2.52 bits per heavy atom. The summed E-state index contributed by atoms with van der Waals surface area (Å²) < 4.78 is 4.05. The smallest absolute Gasteiger partial charge is 0.358 e. The third-order valence-electron chi connectivity index (χ3n) is 7.77. The Kier molecular flexibility index (Phi) is 4.59. The predicted molar refractivity (Wildman–Crippen MR) is 118 cm³/mol. The third-order valence-corrected chi connectivity index (χ3v) is 8.33. The van der Waals surface area contributed by atoms with E-state index in [1.807, 2.05) is 25.6 Å². The average Bonchev–Trinajstić information content (AvgIpc) is 3.16. The molecule has 2 aromatic rings. The van der Waals surface area contributed by atoms with Crippen LogP contribution in [-0.4, -0.2) is 30.4 Å². The highest BCUT2D eigenvalue weighted by molar-refractivity contribution is 9.10. The Bertz CT molecular complexity index is 1080. The van der Waals surface area contributed by atoms with Crippen molar-refractivity contribution in [3.63, 3.8) is 0 Å². The first-order valence-corrected chi connectivity index (χ1v) is 11.6. The van der Waals surface area contributed by atoms with E-state index in [9.17, 15) is 14.9 Å². The first-order chi connectivity index (χ1) is 14.6. The zero-order valence-corrected chi connectivity index (χ0v) is 19.6. The Morgan fingerprint density at radius 1 is 1.29 bits per heavy atom. The second-order valence-electron chi connectivity index (χ2n) is 10.1. The molecule has 1 N–H and O–H groups in total. The molecular formula is C21H27BrN6O3. The molecule has 0 saturated heterocycles. The molecule has 2 heterocycles. The molecule has 2 atom stereocenters. The molecule has 4 saturated carbocycles. The van der Waals surface area contributed by atoms with Gasteiger partial charge in [-0.25, -0.2) is 0 Å². The van der Waals surface area contributed by atoms with Gasteiger partial charge in [-0.3, -0.25) is 9.48 Å². The summed E-state index contributed by atoms with van der Waals surface area (Å²) in [5.74, 6) is 0.977. The lowest BCUT2D eigenvalue weighted by atomic mass is 9.46. The summed E-state index contributed by atoms with van der Waals surface area (Å²) in [5.41, 5.74) is 2.26. The van der Waals surface area contributed by atoms with Gasteiger partial charge >= 0.3 is 5.82 Å². The summed E-state index contributed by atoms with van der Waals surface area (Å²) in [7, 11) is 1.88. The lowest BCUT2D eigenvalue weighted by Gasteiger charge is -2.61. The van der Waals surface area contributed by atoms with Crippen molar-refractivity contribution in [1.29, 1.82) is 0 Å². The second-order valence-corrected chi connectivity index (χ2v) is 10.9. The highest BCUT2D eigenvalue weighted by Crippen LogP contribution is 2.65. The molecule has 4 fully saturated rings. The quantitative estimate of drug-likeness (QED) is 0.498. The van der Waals surface area contributed by atoms with Crippen LogP contribution in [0.4, 0.5) is 11.5 Å². The molecule has 4 aliphatic carbocycles. The average molecular weight is 491 g/mol. The van der Waals surface area contributed by atoms with E-state index in [4.69, 9.17) is 0 Å². The van der Waals surface area contributed by atoms with Gasteiger partial charge in [-0.05, 0) is 90.5 Å². The number of hydrogen-bond donors (Lipinski definition) is 1. The van der Waals surface area contributed by atoms with E-state index in [2.05, 4.69) is 31.4 Å². The van der Waals surface area contributed by atoms with Gasteiger partial charge < -0.3 is 15.4 Å². The van der Waals surface area contributed by atoms with Crippen LogP contribution in [0, 0.1) is 41.2 Å². The zero-order chi connectivity index (χ0) is 22.1. The number of nitrogens with zero attached hydrogens (tertiary/aromatic N) is 5. The molecule has 6 rings (SSSR count). The number of amides is 1. The van der Waals surface area contributed by atoms with Crippen molar-refractivity contribution in [2.75, 3.05) is 5.32 Å². The monoisotopic (exact) mass is 490 g/mol. The standard InChI is InChI=1S/C21H27BrN6O3/c1-12-18(13(2)26(3)24-12)23-17(29)9-20-5-14-4-15(6-20)8-21(7-14,11-20)27-10-16(22)19(25-27)28(30)31/h10,14-15H,4-9,11H2,1-3H3,(H,23,29). The van der Waals surface area contributed by atoms with E-state index in [1.165, 1.54) is 6.42 Å². The SMILES string of the molecule is Cc1nn(C)c(C)c1NC(=O)CC12CC3CC(C1)CC(n1cc(Br)c([N+](=O)[O-])n1)(C3)C2. The van der Waals surface area contributed by atoms with E-state index in [0.717, 1.165) is 49.2 Å². The number of rotatable bonds is 5. The first kappa shape index (κ1) is 20.7. The fraction of sp³-hybridized carbons (Fsp3) is 0.667. The van der Waals surface area contributed by atoms with Gasteiger partial charge in [0.1, 0.15) is 4.47 Å². The van der Waals surface area contributed by atoms with Crippen molar-refractivity contribution in [3.05, 3.63) is 32.2 Å². The van der Waals surface area contributed by atoms with E-state index >= 15 is 0 Å². The maximum atomic E-state index is 13.1. The third kappa shape index (κ3) is 3.30. The molecule has 2 aromatic heterocycles. The molecular weight excluding hydrogens is 464 g/mol. The molecule has 31 heavy (non-hydrogen) atoms. The van der Waals surface area contributed by atoms with Crippen LogP contribution in [0.3, 0.4) is 0 Å². The number of aryl methyl sites for hydroxylation is 2. The minimum atomic E-state index is -0.442. The van der Waals surface area contributed by atoms with Gasteiger partial charge in [0.2, 0.25) is 5.91 Å². The fourth-order valence-electron chi connectivity index (χ4n) is 7.07. The summed E-state index contributed by atoms with van der Waals surface area (Å²) in [6, 6.07) is 0. The van der Waals surface area contributed by atoms with Crippen LogP contribution < -0.4 is 5.32 Å². The van der Waals surface area contributed by atoms with E-state index in [0.29, 0.717) is 22.7 Å². The van der Waals surface area contributed by atoms with Crippen molar-refractivity contribution in [3.8, 4) is 0 Å². The van der Waals surface area contributed by atoms with Gasteiger partial charge in [0.05, 0.1) is 33.9 Å². The molecule has 4 bridgehead atoms. The number of hydrogen-bond acceptors (Lipinski definition) is 5. The minimum absolute atomic E-state index is 0.0314. The number of anilines is 1. The Hall–Kier alpha value is -2.23. The van der Waals surface area contributed by atoms with Gasteiger partial charge in [0.15, 0.2) is 0 Å². The van der Waals surface area contributed by atoms with Gasteiger partial charge in [-0.15, -0.1) is 0 Å². The van der Waals surface area contributed by atoms with Crippen LogP contribution in [0.5, 0.6) is 0 Å². The normalized spacial score (nSPS) is 31.2. The van der Waals surface area contributed by atoms with Gasteiger partial charge in [-0.2, -0.15) is 9.78 Å². The number of halogens is 1. The van der Waals surface area contributed by atoms with Crippen LogP contribution >= 0.6 is 15.9 Å². The number of carbonyl (C=O) groups is 1. The molecule has 1 amide bonds. The fourth-order valence-corrected chi connectivity index (χ4v) is 7.48. The highest BCUT2D eigenvalue weighted by atomic mass is 79.9. The van der Waals surface area contributed by atoms with Crippen LogP contribution in [0.1, 0.15) is 56.3 Å². The van der Waals surface area contributed by atoms with Crippen molar-refractivity contribution >= 4 is 33.3 Å². The van der Waals surface area contributed by atoms with E-state index < -0.39 is 4.92 Å². The van der Waals surface area contributed by atoms with E-state index in [-0.39, 0.29) is 22.7 Å². The molecule has 10 heteroatoms. The minimum Gasteiger partial charge on any atom is -0.358 e. The van der Waals surface area contributed by atoms with Crippen LogP contribution in [-0.2, 0) is 17.4 Å². The second kappa shape index (κ2) is 6.88. The molecule has 0 aromatic carbocycles. The first-order valence-electron chi connectivity index (χ1n) is 10.8. The molecule has 166 valence electrons. The summed E-state index contributed by atoms with van der Waals surface area (Å²) in [5, 5.41) is 23.2. The Morgan fingerprint density at radius 2 is 1.97 bits per heavy atom. The molecule has 0 aliphatic heterocycles. The molecule has 2 unspecified atom stereocenters. The summed E-state index contributed by atoms with van der Waals surface area (Å²) in [6.45, 7) is 3.86. The summed E-state index contributed by atoms with van der Waals surface area (Å²) in [4.78, 5) is 24.0. The van der Waals surface area contributed by atoms with Crippen molar-refractivity contribution < 1.29 is 9.72 Å².